The lowest BCUT2D eigenvalue weighted by molar-refractivity contribution is 0.344. The largest absolute Gasteiger partial charge is 0.493 e. The Morgan fingerprint density at radius 3 is 2.64 bits per heavy atom. The maximum atomic E-state index is 11.7. The molecule has 1 aliphatic heterocycles. The van der Waals surface area contributed by atoms with Crippen molar-refractivity contribution in [1.82, 2.24) is 0 Å². The summed E-state index contributed by atoms with van der Waals surface area (Å²) in [5, 5.41) is 2.02. The van der Waals surface area contributed by atoms with Gasteiger partial charge in [0.25, 0.3) is 0 Å². The molecule has 118 valence electrons. The van der Waals surface area contributed by atoms with Crippen LogP contribution in [-0.4, -0.2) is 29.9 Å². The van der Waals surface area contributed by atoms with E-state index in [0.29, 0.717) is 13.0 Å². The van der Waals surface area contributed by atoms with Gasteiger partial charge < -0.3 is 4.74 Å². The minimum atomic E-state index is -4.01. The van der Waals surface area contributed by atoms with Crippen LogP contribution in [0.4, 0.5) is 0 Å². The van der Waals surface area contributed by atoms with E-state index in [1.165, 1.54) is 0 Å². The van der Waals surface area contributed by atoms with Crippen LogP contribution in [0.3, 0.4) is 0 Å². The number of hydrogen-bond acceptors (Lipinski definition) is 3. The van der Waals surface area contributed by atoms with E-state index in [1.54, 1.807) is 0 Å². The van der Waals surface area contributed by atoms with Crippen molar-refractivity contribution in [3.8, 4) is 5.75 Å². The van der Waals surface area contributed by atoms with Gasteiger partial charge in [-0.1, -0.05) is 18.2 Å². The molecule has 1 aliphatic rings. The Morgan fingerprint density at radius 2 is 1.95 bits per heavy atom. The molecule has 4 nitrogen and oxygen atoms in total. The van der Waals surface area contributed by atoms with Gasteiger partial charge in [-0.3, -0.25) is 4.55 Å². The number of hydrogen-bond donors (Lipinski definition) is 1. The first-order chi connectivity index (χ1) is 10.5. The number of benzene rings is 2. The van der Waals surface area contributed by atoms with Crippen LogP contribution in [0.25, 0.3) is 10.8 Å². The molecule has 1 N–H and O–H groups in total. The van der Waals surface area contributed by atoms with Crippen LogP contribution >= 0.6 is 0 Å². The second kappa shape index (κ2) is 6.10. The molecule has 2 atom stereocenters. The van der Waals surface area contributed by atoms with Gasteiger partial charge in [0.1, 0.15) is 11.5 Å². The highest BCUT2D eigenvalue weighted by Gasteiger charge is 2.47. The van der Waals surface area contributed by atoms with Gasteiger partial charge >= 0.3 is 10.1 Å². The summed E-state index contributed by atoms with van der Waals surface area (Å²) in [5.74, 6) is 1.62. The molecule has 2 unspecified atom stereocenters. The fourth-order valence-electron chi connectivity index (χ4n) is 2.98. The summed E-state index contributed by atoms with van der Waals surface area (Å²) in [6, 6.07) is 11.8. The van der Waals surface area contributed by atoms with Crippen LogP contribution in [0.5, 0.6) is 5.75 Å². The highest BCUT2D eigenvalue weighted by atomic mass is 32.3. The van der Waals surface area contributed by atoms with Crippen molar-refractivity contribution < 1.29 is 17.7 Å². The van der Waals surface area contributed by atoms with Gasteiger partial charge in [-0.05, 0) is 31.5 Å². The van der Waals surface area contributed by atoms with E-state index >= 15 is 0 Å². The molecule has 0 radical (unpaired) electrons. The Kier molecular flexibility index (Phi) is 4.34. The zero-order chi connectivity index (χ0) is 15.7. The molecule has 3 rings (SSSR count). The van der Waals surface area contributed by atoms with Gasteiger partial charge in [0.2, 0.25) is 4.58 Å². The SMILES string of the molecule is CCOc1ccc([S+]2CCCC2S(=O)(=O)O)c2ccccc12. The van der Waals surface area contributed by atoms with Crippen molar-refractivity contribution in [2.45, 2.75) is 29.2 Å². The molecule has 0 aliphatic carbocycles. The van der Waals surface area contributed by atoms with E-state index < -0.39 is 25.6 Å². The molecule has 2 aromatic rings. The summed E-state index contributed by atoms with van der Waals surface area (Å²) in [6.45, 7) is 2.53. The van der Waals surface area contributed by atoms with E-state index in [0.717, 1.165) is 33.6 Å². The van der Waals surface area contributed by atoms with Gasteiger partial charge in [0, 0.05) is 28.1 Å². The maximum Gasteiger partial charge on any atom is 0.315 e. The standard InChI is InChI=1S/C16H18O4S2/c1-2-20-14-9-10-15(13-7-4-3-6-12(13)14)21-11-5-8-16(21)22(17,18)19/h3-4,6-7,9-10,16H,2,5,8,11H2,1H3/p+1. The summed E-state index contributed by atoms with van der Waals surface area (Å²) in [7, 11) is -4.49. The molecule has 6 heteroatoms. The molecular weight excluding hydrogens is 320 g/mol. The summed E-state index contributed by atoms with van der Waals surface area (Å²) in [5.41, 5.74) is 0. The topological polar surface area (TPSA) is 63.6 Å². The van der Waals surface area contributed by atoms with Crippen molar-refractivity contribution in [2.24, 2.45) is 0 Å². The Balaban J connectivity index is 2.14. The van der Waals surface area contributed by atoms with Gasteiger partial charge in [-0.25, -0.2) is 0 Å². The average Bonchev–Trinajstić information content (AvgIpc) is 2.97. The van der Waals surface area contributed by atoms with Crippen LogP contribution in [0.2, 0.25) is 0 Å². The summed E-state index contributed by atoms with van der Waals surface area (Å²) in [6.07, 6.45) is 1.36. The summed E-state index contributed by atoms with van der Waals surface area (Å²) < 4.78 is 37.8. The summed E-state index contributed by atoms with van der Waals surface area (Å²) >= 11 is 0. The third-order valence-corrected chi connectivity index (χ3v) is 8.73. The fourth-order valence-corrected chi connectivity index (χ4v) is 7.62. The minimum absolute atomic E-state index is 0.478. The molecule has 0 amide bonds. The van der Waals surface area contributed by atoms with E-state index in [2.05, 4.69) is 0 Å². The third-order valence-electron chi connectivity index (χ3n) is 3.88. The highest BCUT2D eigenvalue weighted by Crippen LogP contribution is 2.38. The first kappa shape index (κ1) is 15.6. The van der Waals surface area contributed by atoms with Crippen molar-refractivity contribution >= 4 is 31.8 Å². The second-order valence-electron chi connectivity index (χ2n) is 5.26. The molecule has 0 aromatic heterocycles. The molecule has 22 heavy (non-hydrogen) atoms. The van der Waals surface area contributed by atoms with Gasteiger partial charge in [0.15, 0.2) is 4.90 Å². The van der Waals surface area contributed by atoms with E-state index in [1.807, 2.05) is 43.3 Å². The lowest BCUT2D eigenvalue weighted by Gasteiger charge is -2.13. The second-order valence-corrected chi connectivity index (χ2v) is 9.43. The zero-order valence-electron chi connectivity index (χ0n) is 12.4. The Morgan fingerprint density at radius 1 is 1.23 bits per heavy atom. The van der Waals surface area contributed by atoms with E-state index in [9.17, 15) is 13.0 Å². The van der Waals surface area contributed by atoms with Crippen molar-refractivity contribution in [3.05, 3.63) is 36.4 Å². The Labute approximate surface area is 133 Å². The van der Waals surface area contributed by atoms with Gasteiger partial charge in [-0.2, -0.15) is 8.42 Å². The molecule has 0 bridgehead atoms. The predicted octanol–water partition coefficient (Wildman–Crippen LogP) is 3.22. The third kappa shape index (κ3) is 2.83. The molecular formula is C16H19O4S2+. The van der Waals surface area contributed by atoms with Crippen LogP contribution < -0.4 is 4.74 Å². The van der Waals surface area contributed by atoms with Crippen molar-refractivity contribution in [3.63, 3.8) is 0 Å². The lowest BCUT2D eigenvalue weighted by atomic mass is 10.1. The van der Waals surface area contributed by atoms with E-state index in [4.69, 9.17) is 4.74 Å². The highest BCUT2D eigenvalue weighted by molar-refractivity contribution is 8.10. The van der Waals surface area contributed by atoms with Crippen LogP contribution in [-0.2, 0) is 21.0 Å². The number of fused-ring (bicyclic) bond motifs is 1. The number of rotatable bonds is 4. The number of ether oxygens (including phenoxy) is 1. The lowest BCUT2D eigenvalue weighted by Crippen LogP contribution is -2.26. The normalized spacial score (nSPS) is 22.1. The first-order valence-corrected chi connectivity index (χ1v) is 10.3. The predicted molar refractivity (Wildman–Crippen MR) is 90.2 cm³/mol. The Bertz CT molecular complexity index is 786. The molecule has 1 saturated heterocycles. The van der Waals surface area contributed by atoms with Crippen molar-refractivity contribution in [1.29, 1.82) is 0 Å². The first-order valence-electron chi connectivity index (χ1n) is 7.33. The van der Waals surface area contributed by atoms with Crippen LogP contribution in [0, 0.1) is 0 Å². The average molecular weight is 339 g/mol. The Hall–Kier alpha value is -1.24. The van der Waals surface area contributed by atoms with Gasteiger partial charge in [0.05, 0.1) is 6.61 Å². The molecule has 1 fully saturated rings. The monoisotopic (exact) mass is 339 g/mol. The molecule has 1 heterocycles. The summed E-state index contributed by atoms with van der Waals surface area (Å²) in [4.78, 5) is 1.01. The fraction of sp³-hybridized carbons (Fsp3) is 0.375. The zero-order valence-corrected chi connectivity index (χ0v) is 14.0. The minimum Gasteiger partial charge on any atom is -0.493 e. The van der Waals surface area contributed by atoms with E-state index in [-0.39, 0.29) is 0 Å². The molecule has 0 spiro atoms. The van der Waals surface area contributed by atoms with Gasteiger partial charge in [-0.15, -0.1) is 0 Å². The maximum absolute atomic E-state index is 11.7. The van der Waals surface area contributed by atoms with Crippen molar-refractivity contribution in [2.75, 3.05) is 12.4 Å². The van der Waals surface area contributed by atoms with Crippen LogP contribution in [0.1, 0.15) is 19.8 Å². The molecule has 0 saturated carbocycles. The quantitative estimate of drug-likeness (QED) is 0.686. The van der Waals surface area contributed by atoms with Crippen LogP contribution in [0.15, 0.2) is 41.3 Å². The molecule has 2 aromatic carbocycles. The smallest absolute Gasteiger partial charge is 0.315 e.